The maximum Gasteiger partial charge on any atom is 0.300 e. The molecule has 0 saturated heterocycles. The number of amides is 1. The van der Waals surface area contributed by atoms with Crippen LogP contribution in [0.1, 0.15) is 48.3 Å². The van der Waals surface area contributed by atoms with Crippen LogP contribution in [0.25, 0.3) is 11.4 Å². The van der Waals surface area contributed by atoms with Crippen molar-refractivity contribution in [3.8, 4) is 11.4 Å². The molecule has 1 saturated carbocycles. The maximum atomic E-state index is 11.2. The normalized spacial score (nSPS) is 20.9. The van der Waals surface area contributed by atoms with Gasteiger partial charge in [0.25, 0.3) is 5.97 Å². The van der Waals surface area contributed by atoms with E-state index in [1.165, 1.54) is 0 Å². The number of aliphatic carboxylic acids is 1. The molecule has 0 aliphatic heterocycles. The van der Waals surface area contributed by atoms with Gasteiger partial charge < -0.3 is 26.4 Å². The summed E-state index contributed by atoms with van der Waals surface area (Å²) in [5.74, 6) is 0.263. The Kier molecular flexibility index (Phi) is 8.46. The minimum atomic E-state index is -0.833. The number of aliphatic hydroxyl groups excluding tert-OH is 1. The van der Waals surface area contributed by atoms with E-state index in [0.29, 0.717) is 17.9 Å². The number of carbonyl (C=O) groups excluding carboxylic acids is 1. The van der Waals surface area contributed by atoms with Crippen LogP contribution >= 0.6 is 0 Å². The highest BCUT2D eigenvalue weighted by atomic mass is 16.5. The number of hydrogen-bond acceptors (Lipinski definition) is 7. The molecule has 0 spiro atoms. The number of nitrogens with zero attached hydrogens (tertiary/aromatic N) is 3. The first-order valence-corrected chi connectivity index (χ1v) is 9.70. The molecule has 2 aromatic rings. The molecule has 3 rings (SSSR count). The summed E-state index contributed by atoms with van der Waals surface area (Å²) in [4.78, 5) is 24.9. The zero-order chi connectivity index (χ0) is 22.3. The summed E-state index contributed by atoms with van der Waals surface area (Å²) < 4.78 is 7.18. The molecule has 1 heterocycles. The topological polar surface area (TPSA) is 167 Å². The van der Waals surface area contributed by atoms with Crippen LogP contribution in [0.15, 0.2) is 24.3 Å². The van der Waals surface area contributed by atoms with Crippen molar-refractivity contribution >= 4 is 11.9 Å². The zero-order valence-corrected chi connectivity index (χ0v) is 17.2. The van der Waals surface area contributed by atoms with E-state index in [2.05, 4.69) is 5.10 Å². The molecule has 1 aromatic carbocycles. The minimum absolute atomic E-state index is 0.0180. The van der Waals surface area contributed by atoms with Gasteiger partial charge in [0.15, 0.2) is 5.82 Å². The van der Waals surface area contributed by atoms with Gasteiger partial charge in [-0.3, -0.25) is 9.59 Å². The summed E-state index contributed by atoms with van der Waals surface area (Å²) in [5.41, 5.74) is 12.7. The number of benzene rings is 1. The van der Waals surface area contributed by atoms with Crippen LogP contribution in [0.2, 0.25) is 0 Å². The number of nitrogens with two attached hydrogens (primary N) is 2. The number of aliphatic hydroxyl groups is 1. The Balaban J connectivity index is 0.000000735. The largest absolute Gasteiger partial charge is 0.481 e. The Bertz CT molecular complexity index is 848. The lowest BCUT2D eigenvalue weighted by Gasteiger charge is -2.32. The summed E-state index contributed by atoms with van der Waals surface area (Å²) in [7, 11) is 1.69. The van der Waals surface area contributed by atoms with Crippen LogP contribution in [-0.2, 0) is 16.1 Å². The molecule has 0 unspecified atom stereocenters. The molecule has 0 radical (unpaired) electrons. The van der Waals surface area contributed by atoms with Crippen molar-refractivity contribution in [2.75, 3.05) is 13.7 Å². The monoisotopic (exact) mass is 419 g/mol. The molecule has 30 heavy (non-hydrogen) atoms. The molecule has 10 heteroatoms. The van der Waals surface area contributed by atoms with E-state index < -0.39 is 11.9 Å². The number of hydrogen-bond donors (Lipinski definition) is 4. The molecule has 1 aromatic heterocycles. The van der Waals surface area contributed by atoms with E-state index in [9.17, 15) is 9.90 Å². The number of aromatic nitrogens is 3. The van der Waals surface area contributed by atoms with Crippen LogP contribution in [0.3, 0.4) is 0 Å². The number of primary amides is 1. The zero-order valence-electron chi connectivity index (χ0n) is 17.2. The van der Waals surface area contributed by atoms with Crippen molar-refractivity contribution in [1.29, 1.82) is 0 Å². The van der Waals surface area contributed by atoms with Gasteiger partial charge in [-0.15, -0.1) is 0 Å². The molecule has 1 amide bonds. The minimum Gasteiger partial charge on any atom is -0.481 e. The molecule has 0 bridgehead atoms. The number of methoxy groups -OCH3 is 1. The Morgan fingerprint density at radius 1 is 1.27 bits per heavy atom. The van der Waals surface area contributed by atoms with E-state index in [1.807, 2.05) is 0 Å². The van der Waals surface area contributed by atoms with Gasteiger partial charge >= 0.3 is 0 Å². The SMILES string of the molecule is CC(=O)O.CO[C@@H]1CC[C@H](c2nc(-c3ccc(C(N)=O)cc3)nn2CCO)C[C@H]1N. The standard InChI is InChI=1S/C18H25N5O3.C2H4O2/c1-26-15-7-6-13(10-14(15)19)18-21-17(22-23(18)8-9-24)12-4-2-11(3-5-12)16(20)25;1-2(3)4/h2-5,13-15,24H,6-10,19H2,1H3,(H2,20,25);1H3,(H,3,4)/t13-,14+,15+;/m0./s1. The van der Waals surface area contributed by atoms with Gasteiger partial charge in [0, 0.05) is 37.1 Å². The number of ether oxygens (including phenoxy) is 1. The Morgan fingerprint density at radius 3 is 2.40 bits per heavy atom. The fourth-order valence-electron chi connectivity index (χ4n) is 3.53. The number of carboxylic acid groups (broad SMARTS) is 1. The average Bonchev–Trinajstić information content (AvgIpc) is 3.12. The highest BCUT2D eigenvalue weighted by Gasteiger charge is 2.32. The van der Waals surface area contributed by atoms with Gasteiger partial charge in [-0.1, -0.05) is 12.1 Å². The van der Waals surface area contributed by atoms with Gasteiger partial charge in [-0.25, -0.2) is 9.67 Å². The smallest absolute Gasteiger partial charge is 0.300 e. The van der Waals surface area contributed by atoms with Crippen LogP contribution in [0.4, 0.5) is 0 Å². The van der Waals surface area contributed by atoms with E-state index in [0.717, 1.165) is 37.6 Å². The Hall–Kier alpha value is -2.82. The second-order valence-corrected chi connectivity index (χ2v) is 7.15. The lowest BCUT2D eigenvalue weighted by molar-refractivity contribution is -0.134. The third-order valence-corrected chi connectivity index (χ3v) is 4.94. The van der Waals surface area contributed by atoms with Gasteiger partial charge in [0.2, 0.25) is 5.91 Å². The lowest BCUT2D eigenvalue weighted by Crippen LogP contribution is -2.41. The van der Waals surface area contributed by atoms with E-state index in [-0.39, 0.29) is 24.7 Å². The molecule has 164 valence electrons. The third kappa shape index (κ3) is 6.09. The second-order valence-electron chi connectivity index (χ2n) is 7.15. The van der Waals surface area contributed by atoms with E-state index >= 15 is 0 Å². The fraction of sp³-hybridized carbons (Fsp3) is 0.500. The number of carboxylic acids is 1. The highest BCUT2D eigenvalue weighted by molar-refractivity contribution is 5.93. The molecule has 3 atom stereocenters. The molecule has 1 fully saturated rings. The predicted molar refractivity (Wildman–Crippen MR) is 110 cm³/mol. The van der Waals surface area contributed by atoms with E-state index in [4.69, 9.17) is 31.1 Å². The van der Waals surface area contributed by atoms with Gasteiger partial charge in [-0.2, -0.15) is 5.10 Å². The van der Waals surface area contributed by atoms with Crippen LogP contribution < -0.4 is 11.5 Å². The third-order valence-electron chi connectivity index (χ3n) is 4.94. The van der Waals surface area contributed by atoms with Gasteiger partial charge in [0.05, 0.1) is 19.3 Å². The highest BCUT2D eigenvalue weighted by Crippen LogP contribution is 2.33. The van der Waals surface area contributed by atoms with E-state index in [1.54, 1.807) is 36.1 Å². The molecular weight excluding hydrogens is 390 g/mol. The van der Waals surface area contributed by atoms with Crippen molar-refractivity contribution in [1.82, 2.24) is 14.8 Å². The lowest BCUT2D eigenvalue weighted by atomic mass is 9.83. The molecule has 1 aliphatic rings. The maximum absolute atomic E-state index is 11.2. The van der Waals surface area contributed by atoms with Gasteiger partial charge in [0.1, 0.15) is 5.82 Å². The molecular formula is C20H29N5O5. The Morgan fingerprint density at radius 2 is 1.90 bits per heavy atom. The van der Waals surface area contributed by atoms with Crippen LogP contribution in [-0.4, -0.2) is 62.7 Å². The predicted octanol–water partition coefficient (Wildman–Crippen LogP) is 0.737. The van der Waals surface area contributed by atoms with Crippen molar-refractivity contribution in [2.45, 2.75) is 50.8 Å². The van der Waals surface area contributed by atoms with Crippen molar-refractivity contribution in [3.05, 3.63) is 35.7 Å². The summed E-state index contributed by atoms with van der Waals surface area (Å²) in [6, 6.07) is 6.82. The molecule has 10 nitrogen and oxygen atoms in total. The van der Waals surface area contributed by atoms with Crippen LogP contribution in [0, 0.1) is 0 Å². The number of carbonyl (C=O) groups is 2. The van der Waals surface area contributed by atoms with Gasteiger partial charge in [-0.05, 0) is 31.4 Å². The second kappa shape index (κ2) is 10.8. The summed E-state index contributed by atoms with van der Waals surface area (Å²) in [6.45, 7) is 1.44. The quantitative estimate of drug-likeness (QED) is 0.532. The first-order valence-electron chi connectivity index (χ1n) is 9.70. The van der Waals surface area contributed by atoms with Crippen molar-refractivity contribution in [2.24, 2.45) is 11.5 Å². The summed E-state index contributed by atoms with van der Waals surface area (Å²) in [5, 5.41) is 21.3. The van der Waals surface area contributed by atoms with Crippen LogP contribution in [0.5, 0.6) is 0 Å². The first-order chi connectivity index (χ1) is 14.3. The number of rotatable bonds is 6. The molecule has 6 N–H and O–H groups in total. The molecule has 1 aliphatic carbocycles. The van der Waals surface area contributed by atoms with Crippen molar-refractivity contribution < 1.29 is 24.5 Å². The Labute approximate surface area is 174 Å². The van der Waals surface area contributed by atoms with Crippen molar-refractivity contribution in [3.63, 3.8) is 0 Å². The fourth-order valence-corrected chi connectivity index (χ4v) is 3.53. The average molecular weight is 419 g/mol. The first kappa shape index (κ1) is 23.5. The summed E-state index contributed by atoms with van der Waals surface area (Å²) in [6.07, 6.45) is 2.62. The summed E-state index contributed by atoms with van der Waals surface area (Å²) >= 11 is 0.